The van der Waals surface area contributed by atoms with Crippen LogP contribution in [0.5, 0.6) is 11.5 Å². The van der Waals surface area contributed by atoms with Crippen LogP contribution in [0.2, 0.25) is 0 Å². The summed E-state index contributed by atoms with van der Waals surface area (Å²) in [7, 11) is 1.54. The van der Waals surface area contributed by atoms with Crippen molar-refractivity contribution in [2.24, 2.45) is 0 Å². The molecule has 1 aliphatic carbocycles. The van der Waals surface area contributed by atoms with E-state index in [1.54, 1.807) is 60.7 Å². The third-order valence-electron chi connectivity index (χ3n) is 5.30. The van der Waals surface area contributed by atoms with Gasteiger partial charge in [-0.2, -0.15) is 0 Å². The number of amides is 1. The molecule has 1 atom stereocenters. The first-order chi connectivity index (χ1) is 16.4. The summed E-state index contributed by atoms with van der Waals surface area (Å²) in [5, 5.41) is 2.60. The summed E-state index contributed by atoms with van der Waals surface area (Å²) in [6.07, 6.45) is -1.16. The SMILES string of the molecule is COc1ccc(OCC(=O)OC(C)C(=O)Nc2cccc3c2C(=O)c2ccccc2C3=O)cc1. The topological polar surface area (TPSA) is 108 Å². The second-order valence-electron chi connectivity index (χ2n) is 7.52. The molecule has 1 N–H and O–H groups in total. The van der Waals surface area contributed by atoms with Crippen LogP contribution in [0.3, 0.4) is 0 Å². The molecular weight excluding hydrogens is 438 g/mol. The zero-order valence-corrected chi connectivity index (χ0v) is 18.5. The lowest BCUT2D eigenvalue weighted by Gasteiger charge is -2.21. The number of esters is 1. The fraction of sp³-hybridized carbons (Fsp3) is 0.154. The Bertz CT molecular complexity index is 1280. The molecule has 0 aromatic heterocycles. The van der Waals surface area contributed by atoms with Gasteiger partial charge in [0.1, 0.15) is 11.5 Å². The van der Waals surface area contributed by atoms with E-state index < -0.39 is 24.6 Å². The van der Waals surface area contributed by atoms with Gasteiger partial charge < -0.3 is 19.5 Å². The van der Waals surface area contributed by atoms with Crippen LogP contribution in [-0.4, -0.2) is 43.3 Å². The van der Waals surface area contributed by atoms with Crippen LogP contribution in [0.1, 0.15) is 38.8 Å². The van der Waals surface area contributed by atoms with E-state index in [1.165, 1.54) is 20.1 Å². The molecule has 1 unspecified atom stereocenters. The summed E-state index contributed by atoms with van der Waals surface area (Å²) in [5.41, 5.74) is 1.09. The van der Waals surface area contributed by atoms with Crippen molar-refractivity contribution in [1.29, 1.82) is 0 Å². The summed E-state index contributed by atoms with van der Waals surface area (Å²) in [4.78, 5) is 50.7. The van der Waals surface area contributed by atoms with Crippen LogP contribution < -0.4 is 14.8 Å². The van der Waals surface area contributed by atoms with Crippen molar-refractivity contribution in [3.8, 4) is 11.5 Å². The first-order valence-electron chi connectivity index (χ1n) is 10.5. The van der Waals surface area contributed by atoms with E-state index in [9.17, 15) is 19.2 Å². The van der Waals surface area contributed by atoms with Crippen LogP contribution in [0.25, 0.3) is 0 Å². The second kappa shape index (κ2) is 9.58. The molecule has 0 saturated heterocycles. The summed E-state index contributed by atoms with van der Waals surface area (Å²) >= 11 is 0. The van der Waals surface area contributed by atoms with Gasteiger partial charge in [-0.25, -0.2) is 4.79 Å². The summed E-state index contributed by atoms with van der Waals surface area (Å²) in [6.45, 7) is 1.01. The Morgan fingerprint density at radius 1 is 0.824 bits per heavy atom. The number of anilines is 1. The molecule has 172 valence electrons. The lowest BCUT2D eigenvalue weighted by atomic mass is 9.83. The van der Waals surface area contributed by atoms with E-state index in [0.717, 1.165) is 0 Å². The standard InChI is InChI=1S/C26H21NO7/c1-15(34-22(28)14-33-17-12-10-16(32-2)11-13-17)26(31)27-21-9-5-8-20-23(21)25(30)19-7-4-3-6-18(19)24(20)29/h3-13,15H,14H2,1-2H3,(H,27,31). The first kappa shape index (κ1) is 22.7. The third kappa shape index (κ3) is 4.52. The van der Waals surface area contributed by atoms with Gasteiger partial charge in [0.05, 0.1) is 18.4 Å². The fourth-order valence-electron chi connectivity index (χ4n) is 3.58. The van der Waals surface area contributed by atoms with Gasteiger partial charge >= 0.3 is 5.97 Å². The van der Waals surface area contributed by atoms with Gasteiger partial charge in [-0.1, -0.05) is 36.4 Å². The number of fused-ring (bicyclic) bond motifs is 2. The maximum absolute atomic E-state index is 13.1. The maximum atomic E-state index is 13.1. The average molecular weight is 459 g/mol. The van der Waals surface area contributed by atoms with Crippen LogP contribution in [0, 0.1) is 0 Å². The molecule has 0 fully saturated rings. The lowest BCUT2D eigenvalue weighted by Crippen LogP contribution is -2.32. The van der Waals surface area contributed by atoms with Gasteiger partial charge in [0.2, 0.25) is 0 Å². The Hall–Kier alpha value is -4.46. The third-order valence-corrected chi connectivity index (χ3v) is 5.30. The maximum Gasteiger partial charge on any atom is 0.344 e. The molecule has 34 heavy (non-hydrogen) atoms. The highest BCUT2D eigenvalue weighted by Gasteiger charge is 2.32. The van der Waals surface area contributed by atoms with Crippen LogP contribution in [0.4, 0.5) is 5.69 Å². The zero-order chi connectivity index (χ0) is 24.2. The molecule has 4 rings (SSSR count). The molecule has 0 spiro atoms. The van der Waals surface area contributed by atoms with E-state index in [2.05, 4.69) is 5.32 Å². The molecule has 8 heteroatoms. The quantitative estimate of drug-likeness (QED) is 0.422. The highest BCUT2D eigenvalue weighted by molar-refractivity contribution is 6.30. The van der Waals surface area contributed by atoms with Crippen LogP contribution >= 0.6 is 0 Å². The lowest BCUT2D eigenvalue weighted by molar-refractivity contribution is -0.155. The minimum Gasteiger partial charge on any atom is -0.497 e. The van der Waals surface area contributed by atoms with Crippen molar-refractivity contribution < 1.29 is 33.4 Å². The number of carbonyl (C=O) groups is 4. The van der Waals surface area contributed by atoms with Crippen molar-refractivity contribution in [1.82, 2.24) is 0 Å². The number of hydrogen-bond donors (Lipinski definition) is 1. The van der Waals surface area contributed by atoms with E-state index in [4.69, 9.17) is 14.2 Å². The molecule has 1 amide bonds. The fourth-order valence-corrected chi connectivity index (χ4v) is 3.58. The Balaban J connectivity index is 1.41. The number of ether oxygens (including phenoxy) is 3. The predicted octanol–water partition coefficient (Wildman–Crippen LogP) is 3.42. The minimum absolute atomic E-state index is 0.112. The molecule has 0 heterocycles. The van der Waals surface area contributed by atoms with Crippen LogP contribution in [-0.2, 0) is 14.3 Å². The van der Waals surface area contributed by atoms with Gasteiger partial charge in [0.15, 0.2) is 24.3 Å². The zero-order valence-electron chi connectivity index (χ0n) is 18.5. The normalized spacial score (nSPS) is 12.8. The summed E-state index contributed by atoms with van der Waals surface area (Å²) in [5.74, 6) is -0.963. The molecule has 0 saturated carbocycles. The molecular formula is C26H21NO7. The predicted molar refractivity (Wildman–Crippen MR) is 122 cm³/mol. The Labute approximate surface area is 195 Å². The van der Waals surface area contributed by atoms with Gasteiger partial charge in [-0.05, 0) is 37.3 Å². The molecule has 0 bridgehead atoms. The highest BCUT2D eigenvalue weighted by Crippen LogP contribution is 2.32. The van der Waals surface area contributed by atoms with Gasteiger partial charge in [-0.15, -0.1) is 0 Å². The largest absolute Gasteiger partial charge is 0.497 e. The van der Waals surface area contributed by atoms with Gasteiger partial charge in [0.25, 0.3) is 5.91 Å². The van der Waals surface area contributed by atoms with E-state index in [-0.39, 0.29) is 33.9 Å². The van der Waals surface area contributed by atoms with E-state index >= 15 is 0 Å². The van der Waals surface area contributed by atoms with Crippen LogP contribution in [0.15, 0.2) is 66.7 Å². The molecule has 3 aromatic carbocycles. The number of methoxy groups -OCH3 is 1. The molecule has 0 radical (unpaired) electrons. The van der Waals surface area contributed by atoms with Gasteiger partial charge in [-0.3, -0.25) is 14.4 Å². The molecule has 3 aromatic rings. The number of nitrogens with one attached hydrogen (secondary N) is 1. The Morgan fingerprint density at radius 2 is 1.44 bits per heavy atom. The Kier molecular flexibility index (Phi) is 6.40. The van der Waals surface area contributed by atoms with Crippen molar-refractivity contribution in [2.45, 2.75) is 13.0 Å². The number of ketones is 2. The number of carbonyl (C=O) groups excluding carboxylic acids is 4. The van der Waals surface area contributed by atoms with E-state index in [1.807, 2.05) is 0 Å². The average Bonchev–Trinajstić information content (AvgIpc) is 2.86. The molecule has 1 aliphatic rings. The Morgan fingerprint density at radius 3 is 2.12 bits per heavy atom. The molecule has 0 aliphatic heterocycles. The number of hydrogen-bond acceptors (Lipinski definition) is 7. The highest BCUT2D eigenvalue weighted by atomic mass is 16.6. The minimum atomic E-state index is -1.16. The smallest absolute Gasteiger partial charge is 0.344 e. The van der Waals surface area contributed by atoms with Crippen molar-refractivity contribution in [3.05, 3.63) is 89.0 Å². The monoisotopic (exact) mass is 459 g/mol. The first-order valence-corrected chi connectivity index (χ1v) is 10.5. The summed E-state index contributed by atoms with van der Waals surface area (Å²) in [6, 6.07) is 17.8. The van der Waals surface area contributed by atoms with Gasteiger partial charge in [0, 0.05) is 16.7 Å². The van der Waals surface area contributed by atoms with E-state index in [0.29, 0.717) is 17.1 Å². The second-order valence-corrected chi connectivity index (χ2v) is 7.52. The number of benzene rings is 3. The van der Waals surface area contributed by atoms with Crippen molar-refractivity contribution >= 4 is 29.1 Å². The summed E-state index contributed by atoms with van der Waals surface area (Å²) < 4.78 is 15.6. The number of rotatable bonds is 7. The van der Waals surface area contributed by atoms with Crippen molar-refractivity contribution in [3.63, 3.8) is 0 Å². The molecule has 8 nitrogen and oxygen atoms in total. The van der Waals surface area contributed by atoms with Crippen molar-refractivity contribution in [2.75, 3.05) is 19.0 Å².